The first-order valence-electron chi connectivity index (χ1n) is 7.01. The summed E-state index contributed by atoms with van der Waals surface area (Å²) in [5.74, 6) is 0.756. The number of nitrogens with zero attached hydrogens (tertiary/aromatic N) is 1. The number of pyridine rings is 1. The monoisotopic (exact) mass is 250 g/mol. The lowest BCUT2D eigenvalue weighted by Gasteiger charge is -2.18. The highest BCUT2D eigenvalue weighted by Gasteiger charge is 2.09. The highest BCUT2D eigenvalue weighted by atomic mass is 16.5. The normalized spacial score (nSPS) is 12.7. The molecule has 0 aliphatic rings. The van der Waals surface area contributed by atoms with E-state index in [1.807, 2.05) is 19.9 Å². The van der Waals surface area contributed by atoms with Crippen molar-refractivity contribution in [3.8, 4) is 5.88 Å². The molecule has 0 saturated heterocycles. The van der Waals surface area contributed by atoms with Crippen LogP contribution in [-0.2, 0) is 6.54 Å². The molecule has 0 aliphatic carbocycles. The summed E-state index contributed by atoms with van der Waals surface area (Å²) in [5.41, 5.74) is 1.14. The van der Waals surface area contributed by atoms with Crippen LogP contribution in [0.2, 0.25) is 0 Å². The number of ether oxygens (including phenoxy) is 1. The van der Waals surface area contributed by atoms with Crippen LogP contribution in [0.25, 0.3) is 0 Å². The molecule has 0 amide bonds. The van der Waals surface area contributed by atoms with Gasteiger partial charge in [-0.1, -0.05) is 26.3 Å². The zero-order valence-corrected chi connectivity index (χ0v) is 12.1. The van der Waals surface area contributed by atoms with Gasteiger partial charge in [-0.05, 0) is 32.8 Å². The number of rotatable bonds is 8. The van der Waals surface area contributed by atoms with E-state index in [9.17, 15) is 0 Å². The topological polar surface area (TPSA) is 34.2 Å². The maximum Gasteiger partial charge on any atom is 0.218 e. The first kappa shape index (κ1) is 15.0. The van der Waals surface area contributed by atoms with Crippen molar-refractivity contribution in [1.29, 1.82) is 0 Å². The Bertz CT molecular complexity index is 339. The molecule has 1 atom stereocenters. The van der Waals surface area contributed by atoms with Gasteiger partial charge in [-0.15, -0.1) is 0 Å². The molecule has 1 unspecified atom stereocenters. The lowest BCUT2D eigenvalue weighted by Crippen LogP contribution is -2.28. The summed E-state index contributed by atoms with van der Waals surface area (Å²) in [5, 5.41) is 3.58. The summed E-state index contributed by atoms with van der Waals surface area (Å²) in [4.78, 5) is 4.31. The van der Waals surface area contributed by atoms with Crippen molar-refractivity contribution >= 4 is 0 Å². The fourth-order valence-electron chi connectivity index (χ4n) is 1.94. The molecule has 1 N–H and O–H groups in total. The van der Waals surface area contributed by atoms with Crippen molar-refractivity contribution in [2.75, 3.05) is 0 Å². The minimum atomic E-state index is 0.163. The summed E-state index contributed by atoms with van der Waals surface area (Å²) in [6.07, 6.45) is 5.54. The zero-order valence-electron chi connectivity index (χ0n) is 12.1. The van der Waals surface area contributed by atoms with E-state index in [1.165, 1.54) is 12.8 Å². The van der Waals surface area contributed by atoms with Crippen molar-refractivity contribution in [3.05, 3.63) is 23.9 Å². The molecule has 1 aromatic heterocycles. The minimum absolute atomic E-state index is 0.163. The van der Waals surface area contributed by atoms with Crippen LogP contribution >= 0.6 is 0 Å². The maximum atomic E-state index is 5.72. The number of nitrogens with one attached hydrogen (secondary N) is 1. The van der Waals surface area contributed by atoms with E-state index in [2.05, 4.69) is 30.2 Å². The fraction of sp³-hybridized carbons (Fsp3) is 0.667. The second-order valence-corrected chi connectivity index (χ2v) is 4.91. The van der Waals surface area contributed by atoms with Crippen LogP contribution in [0.3, 0.4) is 0 Å². The van der Waals surface area contributed by atoms with E-state index < -0.39 is 0 Å². The second kappa shape index (κ2) is 8.09. The third-order valence-electron chi connectivity index (χ3n) is 2.91. The Kier molecular flexibility index (Phi) is 6.73. The van der Waals surface area contributed by atoms with Crippen molar-refractivity contribution in [2.24, 2.45) is 0 Å². The largest absolute Gasteiger partial charge is 0.475 e. The first-order chi connectivity index (χ1) is 8.67. The molecule has 3 nitrogen and oxygen atoms in total. The van der Waals surface area contributed by atoms with Crippen LogP contribution < -0.4 is 10.1 Å². The number of hydrogen-bond acceptors (Lipinski definition) is 3. The molecule has 0 spiro atoms. The molecule has 0 fully saturated rings. The van der Waals surface area contributed by atoms with Crippen molar-refractivity contribution in [1.82, 2.24) is 10.3 Å². The summed E-state index contributed by atoms with van der Waals surface area (Å²) in [7, 11) is 0. The van der Waals surface area contributed by atoms with E-state index >= 15 is 0 Å². The molecule has 102 valence electrons. The van der Waals surface area contributed by atoms with Gasteiger partial charge in [-0.2, -0.15) is 0 Å². The Hall–Kier alpha value is -1.09. The molecule has 0 saturated carbocycles. The summed E-state index contributed by atoms with van der Waals surface area (Å²) >= 11 is 0. The summed E-state index contributed by atoms with van der Waals surface area (Å²) < 4.78 is 5.72. The predicted molar refractivity (Wildman–Crippen MR) is 75.8 cm³/mol. The highest BCUT2D eigenvalue weighted by Crippen LogP contribution is 2.16. The van der Waals surface area contributed by atoms with Gasteiger partial charge in [0.05, 0.1) is 6.10 Å². The van der Waals surface area contributed by atoms with E-state index in [0.29, 0.717) is 6.04 Å². The SMILES string of the molecule is CCCC(CC)NCc1cccnc1OC(C)C. The molecule has 18 heavy (non-hydrogen) atoms. The molecule has 0 bridgehead atoms. The molecule has 1 heterocycles. The van der Waals surface area contributed by atoms with Crippen LogP contribution in [0.4, 0.5) is 0 Å². The first-order valence-corrected chi connectivity index (χ1v) is 7.01. The van der Waals surface area contributed by atoms with Crippen LogP contribution in [0.1, 0.15) is 52.5 Å². The van der Waals surface area contributed by atoms with Gasteiger partial charge in [0, 0.05) is 24.3 Å². The molecule has 0 radical (unpaired) electrons. The molecule has 0 aliphatic heterocycles. The van der Waals surface area contributed by atoms with Crippen molar-refractivity contribution in [2.45, 2.75) is 65.6 Å². The predicted octanol–water partition coefficient (Wildman–Crippen LogP) is 3.54. The third-order valence-corrected chi connectivity index (χ3v) is 2.91. The second-order valence-electron chi connectivity index (χ2n) is 4.91. The molecule has 1 aromatic rings. The zero-order chi connectivity index (χ0) is 13.4. The average molecular weight is 250 g/mol. The van der Waals surface area contributed by atoms with Gasteiger partial charge in [0.2, 0.25) is 5.88 Å². The molecule has 0 aromatic carbocycles. The van der Waals surface area contributed by atoms with Gasteiger partial charge < -0.3 is 10.1 Å². The summed E-state index contributed by atoms with van der Waals surface area (Å²) in [6.45, 7) is 9.33. The molecular weight excluding hydrogens is 224 g/mol. The van der Waals surface area contributed by atoms with E-state index in [1.54, 1.807) is 6.20 Å². The van der Waals surface area contributed by atoms with Crippen molar-refractivity contribution in [3.63, 3.8) is 0 Å². The lowest BCUT2D eigenvalue weighted by atomic mass is 10.1. The quantitative estimate of drug-likeness (QED) is 0.766. The molecule has 3 heteroatoms. The third kappa shape index (κ3) is 5.05. The summed E-state index contributed by atoms with van der Waals surface area (Å²) in [6, 6.07) is 4.63. The number of hydrogen-bond donors (Lipinski definition) is 1. The van der Waals surface area contributed by atoms with E-state index in [4.69, 9.17) is 4.74 Å². The van der Waals surface area contributed by atoms with E-state index in [0.717, 1.165) is 24.4 Å². The van der Waals surface area contributed by atoms with Crippen LogP contribution in [0.15, 0.2) is 18.3 Å². The van der Waals surface area contributed by atoms with Gasteiger partial charge in [-0.25, -0.2) is 4.98 Å². The molecule has 1 rings (SSSR count). The smallest absolute Gasteiger partial charge is 0.218 e. The fourth-order valence-corrected chi connectivity index (χ4v) is 1.94. The molecular formula is C15H26N2O. The minimum Gasteiger partial charge on any atom is -0.475 e. The van der Waals surface area contributed by atoms with Gasteiger partial charge in [0.15, 0.2) is 0 Å². The van der Waals surface area contributed by atoms with Crippen LogP contribution in [-0.4, -0.2) is 17.1 Å². The number of aromatic nitrogens is 1. The van der Waals surface area contributed by atoms with Crippen LogP contribution in [0, 0.1) is 0 Å². The van der Waals surface area contributed by atoms with Gasteiger partial charge >= 0.3 is 0 Å². The van der Waals surface area contributed by atoms with E-state index in [-0.39, 0.29) is 6.10 Å². The van der Waals surface area contributed by atoms with Gasteiger partial charge in [0.25, 0.3) is 0 Å². The Morgan fingerprint density at radius 1 is 1.33 bits per heavy atom. The maximum absolute atomic E-state index is 5.72. The highest BCUT2D eigenvalue weighted by molar-refractivity contribution is 5.25. The van der Waals surface area contributed by atoms with Crippen LogP contribution in [0.5, 0.6) is 5.88 Å². The standard InChI is InChI=1S/C15H26N2O/c1-5-8-14(6-2)17-11-13-9-7-10-16-15(13)18-12(3)4/h7,9-10,12,14,17H,5-6,8,11H2,1-4H3. The Morgan fingerprint density at radius 2 is 2.11 bits per heavy atom. The van der Waals surface area contributed by atoms with Gasteiger partial charge in [-0.3, -0.25) is 0 Å². The lowest BCUT2D eigenvalue weighted by molar-refractivity contribution is 0.229. The van der Waals surface area contributed by atoms with Crippen molar-refractivity contribution < 1.29 is 4.74 Å². The van der Waals surface area contributed by atoms with Gasteiger partial charge in [0.1, 0.15) is 0 Å². The Morgan fingerprint density at radius 3 is 2.72 bits per heavy atom. The average Bonchev–Trinajstić information content (AvgIpc) is 2.35. The Labute approximate surface area is 111 Å². The Balaban J connectivity index is 2.60.